The fraction of sp³-hybridized carbons (Fsp3) is 0.0260. The van der Waals surface area contributed by atoms with E-state index in [0.29, 0.717) is 17.5 Å². The highest BCUT2D eigenvalue weighted by molar-refractivity contribution is 7.00. The largest absolute Gasteiger partial charge is 0.311 e. The molecular weight excluding hydrogens is 1020 g/mol. The van der Waals surface area contributed by atoms with Gasteiger partial charge in [0.1, 0.15) is 0 Å². The molecule has 2 aromatic heterocycles. The zero-order valence-electron chi connectivity index (χ0n) is 46.4. The van der Waals surface area contributed by atoms with E-state index in [9.17, 15) is 0 Å². The van der Waals surface area contributed by atoms with E-state index in [1.165, 1.54) is 61.0 Å². The Kier molecular flexibility index (Phi) is 11.6. The van der Waals surface area contributed by atoms with Gasteiger partial charge in [0, 0.05) is 67.2 Å². The van der Waals surface area contributed by atoms with Gasteiger partial charge in [-0.05, 0) is 149 Å². The van der Waals surface area contributed by atoms with Crippen LogP contribution in [0.5, 0.6) is 0 Å². The third-order valence-electron chi connectivity index (χ3n) is 16.9. The summed E-state index contributed by atoms with van der Waals surface area (Å²) in [6.45, 7) is 4.42. The van der Waals surface area contributed by atoms with Crippen molar-refractivity contribution < 1.29 is 0 Å². The maximum atomic E-state index is 5.35. The van der Waals surface area contributed by atoms with Crippen LogP contribution in [0.3, 0.4) is 0 Å². The van der Waals surface area contributed by atoms with Crippen LogP contribution in [-0.2, 0) is 0 Å². The molecule has 394 valence electrons. The van der Waals surface area contributed by atoms with Gasteiger partial charge in [-0.3, -0.25) is 0 Å². The molecule has 0 saturated carbocycles. The van der Waals surface area contributed by atoms with E-state index in [1.54, 1.807) is 0 Å². The Balaban J connectivity index is 0.832. The molecule has 0 radical (unpaired) electrons. The molecule has 84 heavy (non-hydrogen) atoms. The first-order valence-corrected chi connectivity index (χ1v) is 28.8. The lowest BCUT2D eigenvalue weighted by molar-refractivity contribution is 1.06. The highest BCUT2D eigenvalue weighted by Gasteiger charge is 2.43. The summed E-state index contributed by atoms with van der Waals surface area (Å²) in [5.74, 6) is 1.83. The fourth-order valence-corrected chi connectivity index (χ4v) is 13.2. The van der Waals surface area contributed by atoms with E-state index in [2.05, 4.69) is 277 Å². The highest BCUT2D eigenvalue weighted by Crippen LogP contribution is 2.46. The van der Waals surface area contributed by atoms with Gasteiger partial charge in [0.25, 0.3) is 6.71 Å². The summed E-state index contributed by atoms with van der Waals surface area (Å²) in [7, 11) is 0. The molecule has 16 rings (SSSR count). The van der Waals surface area contributed by atoms with Crippen LogP contribution in [-0.4, -0.2) is 26.2 Å². The number of aryl methyl sites for hydroxylation is 2. The van der Waals surface area contributed by atoms with E-state index >= 15 is 0 Å². The van der Waals surface area contributed by atoms with Gasteiger partial charge < -0.3 is 14.4 Å². The number of rotatable bonds is 9. The average molecular weight is 1070 g/mol. The van der Waals surface area contributed by atoms with E-state index in [0.717, 1.165) is 78.2 Å². The second-order valence-corrected chi connectivity index (χ2v) is 22.1. The normalized spacial score (nSPS) is 12.3. The number of anilines is 6. The van der Waals surface area contributed by atoms with Crippen LogP contribution in [0.1, 0.15) is 11.1 Å². The van der Waals surface area contributed by atoms with Gasteiger partial charge in [-0.1, -0.05) is 205 Å². The van der Waals surface area contributed by atoms with Crippen LogP contribution in [0.2, 0.25) is 0 Å². The maximum Gasteiger partial charge on any atom is 0.252 e. The molecule has 0 fully saturated rings. The molecule has 2 aliphatic heterocycles. The van der Waals surface area contributed by atoms with Gasteiger partial charge in [0.2, 0.25) is 0 Å². The maximum absolute atomic E-state index is 5.35. The van der Waals surface area contributed by atoms with Gasteiger partial charge in [-0.15, -0.1) is 0 Å². The lowest BCUT2D eigenvalue weighted by Crippen LogP contribution is -2.61. The van der Waals surface area contributed by atoms with Crippen molar-refractivity contribution in [1.82, 2.24) is 19.5 Å². The molecule has 0 N–H and O–H groups in total. The third-order valence-corrected chi connectivity index (χ3v) is 16.9. The van der Waals surface area contributed by atoms with Crippen LogP contribution in [0.15, 0.2) is 285 Å². The molecular formula is C77H53BN6. The summed E-state index contributed by atoms with van der Waals surface area (Å²) in [4.78, 5) is 20.7. The van der Waals surface area contributed by atoms with E-state index in [4.69, 9.17) is 15.0 Å². The van der Waals surface area contributed by atoms with Crippen molar-refractivity contribution in [2.75, 3.05) is 9.80 Å². The second-order valence-electron chi connectivity index (χ2n) is 22.1. The van der Waals surface area contributed by atoms with E-state index in [1.807, 2.05) is 36.4 Å². The number of benzene rings is 12. The highest BCUT2D eigenvalue weighted by atomic mass is 15.2. The first-order chi connectivity index (χ1) is 41.5. The summed E-state index contributed by atoms with van der Waals surface area (Å²) < 4.78 is 2.44. The Morgan fingerprint density at radius 1 is 0.298 bits per heavy atom. The minimum absolute atomic E-state index is 0.0773. The Morgan fingerprint density at radius 2 is 0.702 bits per heavy atom. The Morgan fingerprint density at radius 3 is 1.29 bits per heavy atom. The third kappa shape index (κ3) is 8.15. The van der Waals surface area contributed by atoms with Crippen molar-refractivity contribution in [2.24, 2.45) is 0 Å². The van der Waals surface area contributed by atoms with Crippen LogP contribution in [0.4, 0.5) is 34.1 Å². The first kappa shape index (κ1) is 49.0. The van der Waals surface area contributed by atoms with Gasteiger partial charge in [0.15, 0.2) is 17.5 Å². The van der Waals surface area contributed by atoms with Crippen molar-refractivity contribution in [3.63, 3.8) is 0 Å². The zero-order chi connectivity index (χ0) is 55.8. The van der Waals surface area contributed by atoms with Crippen molar-refractivity contribution in [1.29, 1.82) is 0 Å². The smallest absolute Gasteiger partial charge is 0.252 e. The molecule has 0 saturated heterocycles. The zero-order valence-corrected chi connectivity index (χ0v) is 46.4. The van der Waals surface area contributed by atoms with E-state index < -0.39 is 0 Å². The molecule has 0 aliphatic carbocycles. The van der Waals surface area contributed by atoms with Gasteiger partial charge in [0.05, 0.1) is 16.7 Å². The van der Waals surface area contributed by atoms with Crippen LogP contribution in [0, 0.1) is 13.8 Å². The first-order valence-electron chi connectivity index (χ1n) is 28.8. The van der Waals surface area contributed by atoms with Gasteiger partial charge in [-0.25, -0.2) is 15.0 Å². The lowest BCUT2D eigenvalue weighted by atomic mass is 9.33. The molecule has 12 aromatic carbocycles. The molecule has 4 heterocycles. The standard InChI is InChI=1S/C77H53BN6/c1-50-41-43-67-63(45-50)64-46-51(2)42-44-68(64)84(67)74-61(33-19-34-62(74)77-80-75(52-21-6-3-7-22-52)79-76(81-77)53-23-8-4-9-24-53)58-29-17-27-56(48-58)54-25-16-26-55(47-54)57-28-18-32-60(49-57)83-70-38-15-13-36-66(70)78-65-35-12-14-37-69(65)82(59-30-10-5-11-31-59)71-39-20-40-72(83)73(71)78/h3-49H,1-2H3. The van der Waals surface area contributed by atoms with Crippen LogP contribution in [0.25, 0.3) is 95.0 Å². The summed E-state index contributed by atoms with van der Waals surface area (Å²) in [6.07, 6.45) is 0. The van der Waals surface area contributed by atoms with Crippen LogP contribution < -0.4 is 26.2 Å². The minimum atomic E-state index is 0.0773. The number of para-hydroxylation sites is 4. The van der Waals surface area contributed by atoms with Crippen molar-refractivity contribution in [2.45, 2.75) is 13.8 Å². The molecule has 0 amide bonds. The minimum Gasteiger partial charge on any atom is -0.311 e. The number of fused-ring (bicyclic) bond motifs is 7. The van der Waals surface area contributed by atoms with Gasteiger partial charge in [-0.2, -0.15) is 0 Å². The molecule has 0 bridgehead atoms. The Labute approximate surface area is 489 Å². The average Bonchev–Trinajstić information content (AvgIpc) is 0.912. The number of hydrogen-bond donors (Lipinski definition) is 0. The predicted octanol–water partition coefficient (Wildman–Crippen LogP) is 17.7. The van der Waals surface area contributed by atoms with Crippen molar-refractivity contribution >= 4 is 79.0 Å². The second kappa shape index (κ2) is 20.0. The molecule has 6 nitrogen and oxygen atoms in total. The topological polar surface area (TPSA) is 50.1 Å². The molecule has 0 unspecified atom stereocenters. The lowest BCUT2D eigenvalue weighted by Gasteiger charge is -2.44. The summed E-state index contributed by atoms with van der Waals surface area (Å²) >= 11 is 0. The molecule has 14 aromatic rings. The van der Waals surface area contributed by atoms with E-state index in [-0.39, 0.29) is 6.71 Å². The summed E-state index contributed by atoms with van der Waals surface area (Å²) in [5, 5.41) is 2.40. The Hall–Kier alpha value is -10.9. The molecule has 0 spiro atoms. The Bertz CT molecular complexity index is 4780. The molecule has 2 aliphatic rings. The van der Waals surface area contributed by atoms with Crippen LogP contribution >= 0.6 is 0 Å². The van der Waals surface area contributed by atoms with Gasteiger partial charge >= 0.3 is 0 Å². The number of hydrogen-bond acceptors (Lipinski definition) is 5. The number of aromatic nitrogens is 4. The SMILES string of the molecule is Cc1ccc2c(c1)c1cc(C)ccc1n2-c1c(-c2cccc(-c3cccc(-c4cccc(N5c6ccccc6B6c7ccccc7N(c7ccccc7)c7cccc5c76)c4)c3)c2)cccc1-c1nc(-c2ccccc2)nc(-c2ccccc2)n1. The fourth-order valence-electron chi connectivity index (χ4n) is 13.2. The van der Waals surface area contributed by atoms with Crippen molar-refractivity contribution in [3.05, 3.63) is 296 Å². The quantitative estimate of drug-likeness (QED) is 0.135. The monoisotopic (exact) mass is 1070 g/mol. The molecule has 0 atom stereocenters. The predicted molar refractivity (Wildman–Crippen MR) is 350 cm³/mol. The number of nitrogens with zero attached hydrogens (tertiary/aromatic N) is 6. The summed E-state index contributed by atoms with van der Waals surface area (Å²) in [6, 6.07) is 103. The molecule has 7 heteroatoms. The van der Waals surface area contributed by atoms with Crippen molar-refractivity contribution in [3.8, 4) is 73.2 Å². The summed E-state index contributed by atoms with van der Waals surface area (Å²) in [5.41, 5.74) is 26.0.